The number of hydrogen-bond donors (Lipinski definition) is 0. The summed E-state index contributed by atoms with van der Waals surface area (Å²) in [5.74, 6) is 0. The minimum atomic E-state index is -0.836. The van der Waals surface area contributed by atoms with Crippen molar-refractivity contribution in [3.8, 4) is 0 Å². The van der Waals surface area contributed by atoms with Crippen molar-refractivity contribution in [1.29, 1.82) is 0 Å². The molecule has 76 valence electrons. The van der Waals surface area contributed by atoms with Gasteiger partial charge in [0.1, 0.15) is 0 Å². The Morgan fingerprint density at radius 3 is 2.21 bits per heavy atom. The molecule has 0 fully saturated rings. The molecule has 14 heavy (non-hydrogen) atoms. The highest BCUT2D eigenvalue weighted by Gasteiger charge is 2.31. The molecule has 0 aliphatic rings. The molecule has 0 spiro atoms. The highest BCUT2D eigenvalue weighted by atomic mass is 31.2. The molecule has 0 aliphatic carbocycles. The summed E-state index contributed by atoms with van der Waals surface area (Å²) in [6.07, 6.45) is 3.14. The van der Waals surface area contributed by atoms with Crippen LogP contribution in [0.5, 0.6) is 0 Å². The van der Waals surface area contributed by atoms with Crippen LogP contribution in [0, 0.1) is 0 Å². The molecule has 0 nitrogen and oxygen atoms in total. The smallest absolute Gasteiger partial charge is 0.0971 e. The van der Waals surface area contributed by atoms with E-state index >= 15 is 0 Å². The maximum atomic E-state index is 3.86. The van der Waals surface area contributed by atoms with Crippen LogP contribution < -0.4 is 0 Å². The Morgan fingerprint density at radius 1 is 1.21 bits per heavy atom. The molecule has 0 heterocycles. The van der Waals surface area contributed by atoms with E-state index in [1.807, 2.05) is 6.08 Å². The lowest BCUT2D eigenvalue weighted by Gasteiger charge is -2.23. The zero-order chi connectivity index (χ0) is 10.6. The van der Waals surface area contributed by atoms with Crippen LogP contribution in [-0.2, 0) is 0 Å². The summed E-state index contributed by atoms with van der Waals surface area (Å²) in [4.78, 5) is 0. The number of rotatable bonds is 4. The second-order valence-corrected chi connectivity index (χ2v) is 9.42. The molecule has 0 bridgehead atoms. The van der Waals surface area contributed by atoms with Crippen LogP contribution in [0.15, 0.2) is 43.0 Å². The fraction of sp³-hybridized carbons (Fsp3) is 0.385. The highest BCUT2D eigenvalue weighted by molar-refractivity contribution is 7.74. The lowest BCUT2D eigenvalue weighted by Crippen LogP contribution is -2.02. The Hall–Kier alpha value is -0.610. The minimum absolute atomic E-state index is 0.682. The summed E-state index contributed by atoms with van der Waals surface area (Å²) in [5, 5.41) is 0. The quantitative estimate of drug-likeness (QED) is 0.512. The normalized spacial score (nSPS) is 13.6. The summed E-state index contributed by atoms with van der Waals surface area (Å²) in [6, 6.07) is 10.8. The van der Waals surface area contributed by atoms with Gasteiger partial charge in [0, 0.05) is 33.7 Å². The lowest BCUT2D eigenvalue weighted by atomic mass is 10.1. The van der Waals surface area contributed by atoms with Gasteiger partial charge in [-0.05, 0) is 5.56 Å². The maximum absolute atomic E-state index is 3.86. The third-order valence-corrected chi connectivity index (χ3v) is 4.89. The first-order chi connectivity index (χ1) is 6.55. The Labute approximate surface area is 88.4 Å². The summed E-state index contributed by atoms with van der Waals surface area (Å²) in [6.45, 7) is 11.0. The number of allylic oxidation sites excluding steroid dienone is 1. The minimum Gasteiger partial charge on any atom is -0.103 e. The van der Waals surface area contributed by atoms with Crippen molar-refractivity contribution in [2.75, 3.05) is 20.0 Å². The molecule has 0 aliphatic heterocycles. The van der Waals surface area contributed by atoms with E-state index in [2.05, 4.69) is 56.9 Å². The first-order valence-corrected chi connectivity index (χ1v) is 8.22. The zero-order valence-electron chi connectivity index (χ0n) is 9.40. The average molecular weight is 207 g/mol. The second kappa shape index (κ2) is 4.75. The largest absolute Gasteiger partial charge is 0.103 e. The van der Waals surface area contributed by atoms with E-state index in [0.717, 1.165) is 6.42 Å². The molecule has 0 amide bonds. The monoisotopic (exact) mass is 207 g/mol. The van der Waals surface area contributed by atoms with E-state index in [9.17, 15) is 0 Å². The van der Waals surface area contributed by atoms with Gasteiger partial charge in [-0.3, -0.25) is 0 Å². The van der Waals surface area contributed by atoms with Crippen molar-refractivity contribution in [3.63, 3.8) is 0 Å². The first kappa shape index (κ1) is 11.5. The molecular weight excluding hydrogens is 187 g/mol. The van der Waals surface area contributed by atoms with Crippen LogP contribution in [0.25, 0.3) is 0 Å². The predicted octanol–water partition coefficient (Wildman–Crippen LogP) is 4.21. The summed E-state index contributed by atoms with van der Waals surface area (Å²) in [5.41, 5.74) is 2.15. The van der Waals surface area contributed by atoms with Gasteiger partial charge in [0.2, 0.25) is 0 Å². The Morgan fingerprint density at radius 2 is 1.79 bits per heavy atom. The fourth-order valence-electron chi connectivity index (χ4n) is 1.73. The van der Waals surface area contributed by atoms with Gasteiger partial charge < -0.3 is 0 Å². The van der Waals surface area contributed by atoms with Crippen molar-refractivity contribution in [3.05, 3.63) is 48.6 Å². The van der Waals surface area contributed by atoms with E-state index in [1.165, 1.54) is 5.56 Å². The van der Waals surface area contributed by atoms with Crippen molar-refractivity contribution in [2.45, 2.75) is 12.1 Å². The summed E-state index contributed by atoms with van der Waals surface area (Å²) >= 11 is 0. The van der Waals surface area contributed by atoms with Gasteiger partial charge in [-0.25, -0.2) is 0 Å². The van der Waals surface area contributed by atoms with E-state index < -0.39 is 7.26 Å². The molecule has 1 aromatic rings. The van der Waals surface area contributed by atoms with Gasteiger partial charge in [-0.2, -0.15) is 0 Å². The third-order valence-electron chi connectivity index (χ3n) is 2.51. The summed E-state index contributed by atoms with van der Waals surface area (Å²) < 4.78 is 0. The van der Waals surface area contributed by atoms with Gasteiger partial charge in [0.25, 0.3) is 0 Å². The molecule has 0 saturated carbocycles. The molecule has 1 aromatic carbocycles. The summed E-state index contributed by atoms with van der Waals surface area (Å²) in [7, 11) is -0.836. The van der Waals surface area contributed by atoms with Crippen LogP contribution in [0.3, 0.4) is 0 Å². The highest BCUT2D eigenvalue weighted by Crippen LogP contribution is 2.62. The average Bonchev–Trinajstić information content (AvgIpc) is 2.14. The first-order valence-electron chi connectivity index (χ1n) is 5.02. The number of hydrogen-bond acceptors (Lipinski definition) is 0. The molecule has 0 N–H and O–H groups in total. The zero-order valence-corrected chi connectivity index (χ0v) is 10.3. The Balaban J connectivity index is 2.95. The van der Waals surface area contributed by atoms with Crippen LogP contribution >= 0.6 is 7.26 Å². The fourth-order valence-corrected chi connectivity index (χ4v) is 3.58. The standard InChI is InChI=1S/C13H20P/c1-5-9-13(14(2,3)4)12-10-7-6-8-11-12/h5-8,10-11,13H,1,9H2,2-4H3/q+1. The van der Waals surface area contributed by atoms with Crippen LogP contribution in [0.1, 0.15) is 17.6 Å². The molecular formula is C13H20P+. The van der Waals surface area contributed by atoms with Gasteiger partial charge in [0.15, 0.2) is 0 Å². The van der Waals surface area contributed by atoms with Gasteiger partial charge in [-0.15, -0.1) is 6.58 Å². The Kier molecular flexibility index (Phi) is 3.89. The van der Waals surface area contributed by atoms with Crippen LogP contribution in [0.2, 0.25) is 0 Å². The molecule has 1 heteroatoms. The predicted molar refractivity (Wildman–Crippen MR) is 68.7 cm³/mol. The van der Waals surface area contributed by atoms with E-state index in [4.69, 9.17) is 0 Å². The molecule has 1 atom stereocenters. The van der Waals surface area contributed by atoms with E-state index in [1.54, 1.807) is 0 Å². The topological polar surface area (TPSA) is 0 Å². The van der Waals surface area contributed by atoms with Crippen molar-refractivity contribution >= 4 is 7.26 Å². The SMILES string of the molecule is C=CCC(c1ccccc1)[P+](C)(C)C. The van der Waals surface area contributed by atoms with E-state index in [0.29, 0.717) is 5.66 Å². The van der Waals surface area contributed by atoms with Crippen LogP contribution in [-0.4, -0.2) is 20.0 Å². The van der Waals surface area contributed by atoms with E-state index in [-0.39, 0.29) is 0 Å². The van der Waals surface area contributed by atoms with Crippen molar-refractivity contribution < 1.29 is 0 Å². The molecule has 1 unspecified atom stereocenters. The molecule has 1 rings (SSSR count). The second-order valence-electron chi connectivity index (χ2n) is 4.57. The lowest BCUT2D eigenvalue weighted by molar-refractivity contribution is 0.947. The molecule has 0 saturated heterocycles. The van der Waals surface area contributed by atoms with Gasteiger partial charge in [0.05, 0.1) is 5.66 Å². The van der Waals surface area contributed by atoms with Crippen molar-refractivity contribution in [1.82, 2.24) is 0 Å². The van der Waals surface area contributed by atoms with Gasteiger partial charge >= 0.3 is 0 Å². The van der Waals surface area contributed by atoms with Gasteiger partial charge in [-0.1, -0.05) is 36.4 Å². The van der Waals surface area contributed by atoms with Crippen LogP contribution in [0.4, 0.5) is 0 Å². The Bertz CT molecular complexity index is 282. The third kappa shape index (κ3) is 2.96. The molecule has 0 aromatic heterocycles. The van der Waals surface area contributed by atoms with Crippen molar-refractivity contribution in [2.24, 2.45) is 0 Å². The molecule has 0 radical (unpaired) electrons. The maximum Gasteiger partial charge on any atom is 0.0971 e. The number of benzene rings is 1.